The molecule has 0 aliphatic rings. The summed E-state index contributed by atoms with van der Waals surface area (Å²) >= 11 is 0. The normalized spacial score (nSPS) is 13.7. The highest BCUT2D eigenvalue weighted by Gasteiger charge is 2.33. The standard InChI is InChI=1S/CH5O6PS/c1-7-9(5,6)8(2,3)4/h1H3,(H2,2,3,4). The molecule has 0 aliphatic heterocycles. The third-order valence-electron chi connectivity index (χ3n) is 0.502. The molecule has 0 saturated carbocycles. The highest BCUT2D eigenvalue weighted by molar-refractivity contribution is 8.46. The third-order valence-corrected chi connectivity index (χ3v) is 3.70. The van der Waals surface area contributed by atoms with Crippen molar-refractivity contribution >= 4 is 16.5 Å². The lowest BCUT2D eigenvalue weighted by molar-refractivity contribution is 0.359. The second-order valence-electron chi connectivity index (χ2n) is 1.08. The summed E-state index contributed by atoms with van der Waals surface area (Å²) < 4.78 is 33.4. The van der Waals surface area contributed by atoms with E-state index in [0.29, 0.717) is 7.11 Å². The average molecular weight is 176 g/mol. The van der Waals surface area contributed by atoms with Gasteiger partial charge in [-0.05, 0) is 0 Å². The van der Waals surface area contributed by atoms with E-state index in [2.05, 4.69) is 4.18 Å². The molecule has 0 unspecified atom stereocenters. The third kappa shape index (κ3) is 2.04. The molecule has 0 aromatic rings. The summed E-state index contributed by atoms with van der Waals surface area (Å²) in [4.78, 5) is 15.9. The Balaban J connectivity index is 4.81. The van der Waals surface area contributed by atoms with Crippen molar-refractivity contribution in [3.05, 3.63) is 0 Å². The van der Waals surface area contributed by atoms with Crippen LogP contribution in [0, 0.1) is 0 Å². The van der Waals surface area contributed by atoms with Gasteiger partial charge in [0, 0.05) is 0 Å². The average Bonchev–Trinajstić information content (AvgIpc) is 1.64. The molecule has 8 heteroatoms. The molecular weight excluding hydrogens is 171 g/mol. The van der Waals surface area contributed by atoms with Crippen LogP contribution in [0.4, 0.5) is 0 Å². The van der Waals surface area contributed by atoms with Crippen LogP contribution >= 0.6 is 6.80 Å². The van der Waals surface area contributed by atoms with E-state index >= 15 is 0 Å². The summed E-state index contributed by atoms with van der Waals surface area (Å²) in [5.41, 5.74) is 0. The van der Waals surface area contributed by atoms with Crippen LogP contribution in [0.3, 0.4) is 0 Å². The number of hydrogen-bond acceptors (Lipinski definition) is 4. The quantitative estimate of drug-likeness (QED) is 0.526. The van der Waals surface area contributed by atoms with E-state index < -0.39 is 16.5 Å². The minimum Gasteiger partial charge on any atom is -0.312 e. The first-order chi connectivity index (χ1) is 3.81. The molecule has 0 aromatic heterocycles. The zero-order valence-corrected chi connectivity index (χ0v) is 6.09. The van der Waals surface area contributed by atoms with E-state index in [9.17, 15) is 13.0 Å². The van der Waals surface area contributed by atoms with Gasteiger partial charge in [-0.2, -0.15) is 8.42 Å². The van der Waals surface area contributed by atoms with Crippen molar-refractivity contribution in [2.75, 3.05) is 7.11 Å². The molecule has 2 N–H and O–H groups in total. The summed E-state index contributed by atoms with van der Waals surface area (Å²) in [6.07, 6.45) is 0. The Morgan fingerprint density at radius 1 is 1.44 bits per heavy atom. The summed E-state index contributed by atoms with van der Waals surface area (Å²) in [7, 11) is -3.99. The van der Waals surface area contributed by atoms with Crippen molar-refractivity contribution in [1.29, 1.82) is 0 Å². The van der Waals surface area contributed by atoms with Crippen LogP contribution in [0.25, 0.3) is 0 Å². The van der Waals surface area contributed by atoms with E-state index in [-0.39, 0.29) is 0 Å². The molecule has 0 radical (unpaired) electrons. The van der Waals surface area contributed by atoms with Crippen LogP contribution in [0.2, 0.25) is 0 Å². The second-order valence-corrected chi connectivity index (χ2v) is 6.02. The molecule has 9 heavy (non-hydrogen) atoms. The molecule has 56 valence electrons. The van der Waals surface area contributed by atoms with Crippen molar-refractivity contribution in [3.63, 3.8) is 0 Å². The van der Waals surface area contributed by atoms with Crippen LogP contribution in [-0.4, -0.2) is 25.3 Å². The second kappa shape index (κ2) is 2.36. The topological polar surface area (TPSA) is 101 Å². The minimum absolute atomic E-state index is 0.675. The first kappa shape index (κ1) is 9.06. The molecule has 0 atom stereocenters. The van der Waals surface area contributed by atoms with Crippen LogP contribution in [0.5, 0.6) is 0 Å². The molecule has 0 rings (SSSR count). The number of hydrogen-bond donors (Lipinski definition) is 2. The van der Waals surface area contributed by atoms with E-state index in [1.807, 2.05) is 0 Å². The summed E-state index contributed by atoms with van der Waals surface area (Å²) in [5.74, 6) is 0. The van der Waals surface area contributed by atoms with Gasteiger partial charge < -0.3 is 9.79 Å². The van der Waals surface area contributed by atoms with Gasteiger partial charge in [-0.1, -0.05) is 0 Å². The Hall–Kier alpha value is 0.0600. The lowest BCUT2D eigenvalue weighted by Gasteiger charge is -1.99. The van der Waals surface area contributed by atoms with Gasteiger partial charge in [0.1, 0.15) is 0 Å². The molecule has 0 bridgehead atoms. The van der Waals surface area contributed by atoms with Gasteiger partial charge in [0.2, 0.25) is 0 Å². The van der Waals surface area contributed by atoms with E-state index in [0.717, 1.165) is 0 Å². The first-order valence-electron chi connectivity index (χ1n) is 1.67. The van der Waals surface area contributed by atoms with Crippen molar-refractivity contribution < 1.29 is 27.0 Å². The molecule has 0 aromatic carbocycles. The molecular formula is CH5O6PS. The Bertz CT molecular complexity index is 219. The molecule has 0 aliphatic carbocycles. The van der Waals surface area contributed by atoms with Crippen molar-refractivity contribution in [3.8, 4) is 0 Å². The summed E-state index contributed by atoms with van der Waals surface area (Å²) in [6.45, 7) is -5.12. The SMILES string of the molecule is COS(=O)(=O)P(=O)(O)O. The Morgan fingerprint density at radius 3 is 1.78 bits per heavy atom. The number of rotatable bonds is 2. The van der Waals surface area contributed by atoms with Gasteiger partial charge in [0.25, 0.3) is 0 Å². The van der Waals surface area contributed by atoms with Crippen molar-refractivity contribution in [1.82, 2.24) is 0 Å². The Labute approximate surface area is 51.5 Å². The lowest BCUT2D eigenvalue weighted by Crippen LogP contribution is -2.01. The maximum absolute atomic E-state index is 10.0. The highest BCUT2D eigenvalue weighted by atomic mass is 32.8. The van der Waals surface area contributed by atoms with Gasteiger partial charge in [-0.15, -0.1) is 0 Å². The van der Waals surface area contributed by atoms with Crippen LogP contribution < -0.4 is 0 Å². The maximum atomic E-state index is 10.0. The Kier molecular flexibility index (Phi) is 2.37. The fourth-order valence-electron chi connectivity index (χ4n) is 0.0971. The largest absolute Gasteiger partial charge is 0.466 e. The maximum Gasteiger partial charge on any atom is 0.466 e. The van der Waals surface area contributed by atoms with Gasteiger partial charge in [-0.25, -0.2) is 4.57 Å². The molecule has 0 spiro atoms. The van der Waals surface area contributed by atoms with Crippen LogP contribution in [0.15, 0.2) is 0 Å². The van der Waals surface area contributed by atoms with Crippen LogP contribution in [0.1, 0.15) is 0 Å². The first-order valence-corrected chi connectivity index (χ1v) is 5.30. The summed E-state index contributed by atoms with van der Waals surface area (Å²) in [5, 5.41) is 0. The fourth-order valence-corrected chi connectivity index (χ4v) is 0.874. The smallest absolute Gasteiger partial charge is 0.312 e. The minimum atomic E-state index is -5.12. The zero-order valence-electron chi connectivity index (χ0n) is 4.38. The predicted octanol–water partition coefficient (Wildman–Crippen LogP) is -0.945. The zero-order chi connectivity index (χ0) is 7.71. The predicted molar refractivity (Wildman–Crippen MR) is 28.0 cm³/mol. The van der Waals surface area contributed by atoms with E-state index in [1.54, 1.807) is 0 Å². The van der Waals surface area contributed by atoms with Crippen molar-refractivity contribution in [2.45, 2.75) is 0 Å². The van der Waals surface area contributed by atoms with Crippen molar-refractivity contribution in [2.24, 2.45) is 0 Å². The molecule has 0 amide bonds. The molecule has 0 saturated heterocycles. The molecule has 6 nitrogen and oxygen atoms in total. The monoisotopic (exact) mass is 176 g/mol. The van der Waals surface area contributed by atoms with Crippen LogP contribution in [-0.2, 0) is 18.5 Å². The van der Waals surface area contributed by atoms with Gasteiger partial charge in [-0.3, -0.25) is 4.18 Å². The fraction of sp³-hybridized carbons (Fsp3) is 1.00. The highest BCUT2D eigenvalue weighted by Crippen LogP contribution is 2.43. The summed E-state index contributed by atoms with van der Waals surface area (Å²) in [6, 6.07) is 0. The molecule has 0 heterocycles. The van der Waals surface area contributed by atoms with Gasteiger partial charge >= 0.3 is 16.5 Å². The van der Waals surface area contributed by atoms with Gasteiger partial charge in [0.05, 0.1) is 7.11 Å². The lowest BCUT2D eigenvalue weighted by atomic mass is 11.8. The van der Waals surface area contributed by atoms with E-state index in [1.165, 1.54) is 0 Å². The molecule has 0 fully saturated rings. The van der Waals surface area contributed by atoms with Gasteiger partial charge in [0.15, 0.2) is 0 Å². The van der Waals surface area contributed by atoms with E-state index in [4.69, 9.17) is 9.79 Å². The Morgan fingerprint density at radius 2 is 1.78 bits per heavy atom.